The third-order valence-corrected chi connectivity index (χ3v) is 10.5. The first-order chi connectivity index (χ1) is 11.9. The third kappa shape index (κ3) is 1.34. The highest BCUT2D eigenvalue weighted by Crippen LogP contribution is 2.83. The molecule has 1 heterocycles. The minimum atomic E-state index is -0.377. The molecular weight excluding hydrogens is 310 g/mol. The number of rotatable bonds is 1. The predicted octanol–water partition coefficient (Wildman–Crippen LogP) is 2.82. The fourth-order valence-corrected chi connectivity index (χ4v) is 10.1. The van der Waals surface area contributed by atoms with E-state index < -0.39 is 0 Å². The second-order valence-corrected chi connectivity index (χ2v) is 10.7. The van der Waals surface area contributed by atoms with Crippen LogP contribution in [0.4, 0.5) is 0 Å². The molecule has 3 nitrogen and oxygen atoms in total. The quantitative estimate of drug-likeness (QED) is 0.720. The van der Waals surface area contributed by atoms with Crippen LogP contribution in [0.1, 0.15) is 52.4 Å². The van der Waals surface area contributed by atoms with Gasteiger partial charge in [0.25, 0.3) is 0 Å². The van der Waals surface area contributed by atoms with E-state index >= 15 is 0 Å². The van der Waals surface area contributed by atoms with Gasteiger partial charge in [-0.3, -0.25) is 4.90 Å². The van der Waals surface area contributed by atoms with Gasteiger partial charge in [0.15, 0.2) is 0 Å². The molecule has 2 spiro atoms. The molecule has 0 aromatic carbocycles. The Morgan fingerprint density at radius 3 is 2.76 bits per heavy atom. The normalized spacial score (nSPS) is 64.6. The van der Waals surface area contributed by atoms with E-state index in [4.69, 9.17) is 0 Å². The Bertz CT molecular complexity index is 662. The van der Waals surface area contributed by atoms with Crippen molar-refractivity contribution in [2.45, 2.75) is 70.6 Å². The number of likely N-dealkylation sites (tertiary alicyclic amines) is 1. The first kappa shape index (κ1) is 15.7. The van der Waals surface area contributed by atoms with Crippen molar-refractivity contribution < 1.29 is 10.2 Å². The summed E-state index contributed by atoms with van der Waals surface area (Å²) in [6, 6.07) is 0.592. The summed E-state index contributed by atoms with van der Waals surface area (Å²) >= 11 is 0. The molecule has 0 unspecified atom stereocenters. The summed E-state index contributed by atoms with van der Waals surface area (Å²) < 4.78 is 0. The monoisotopic (exact) mass is 343 g/mol. The molecule has 138 valence electrons. The van der Waals surface area contributed by atoms with E-state index in [1.54, 1.807) is 0 Å². The Balaban J connectivity index is 1.60. The number of fused-ring (bicyclic) bond motifs is 2. The van der Waals surface area contributed by atoms with Crippen molar-refractivity contribution in [2.75, 3.05) is 13.1 Å². The van der Waals surface area contributed by atoms with Crippen molar-refractivity contribution in [3.63, 3.8) is 0 Å². The molecule has 1 saturated heterocycles. The van der Waals surface area contributed by atoms with Crippen LogP contribution in [0.15, 0.2) is 12.2 Å². The zero-order valence-electron chi connectivity index (χ0n) is 15.7. The molecule has 3 heteroatoms. The average Bonchev–Trinajstić information content (AvgIpc) is 2.99. The van der Waals surface area contributed by atoms with E-state index in [0.29, 0.717) is 23.3 Å². The van der Waals surface area contributed by atoms with Gasteiger partial charge in [-0.25, -0.2) is 0 Å². The molecule has 0 radical (unpaired) electrons. The fourth-order valence-electron chi connectivity index (χ4n) is 10.1. The maximum atomic E-state index is 11.5. The molecular formula is C22H33NO2. The van der Waals surface area contributed by atoms with E-state index in [-0.39, 0.29) is 29.0 Å². The minimum absolute atomic E-state index is 0.0809. The van der Waals surface area contributed by atoms with E-state index in [9.17, 15) is 10.2 Å². The fraction of sp³-hybridized carbons (Fsp3) is 0.909. The predicted molar refractivity (Wildman–Crippen MR) is 96.8 cm³/mol. The lowest BCUT2D eigenvalue weighted by Gasteiger charge is -2.68. The minimum Gasteiger partial charge on any atom is -0.392 e. The van der Waals surface area contributed by atoms with Crippen LogP contribution >= 0.6 is 0 Å². The van der Waals surface area contributed by atoms with Gasteiger partial charge in [0.1, 0.15) is 0 Å². The van der Waals surface area contributed by atoms with Gasteiger partial charge in [0, 0.05) is 29.8 Å². The molecule has 0 aromatic heterocycles. The van der Waals surface area contributed by atoms with Crippen LogP contribution in [0.2, 0.25) is 0 Å². The van der Waals surface area contributed by atoms with Crippen LogP contribution < -0.4 is 0 Å². The summed E-state index contributed by atoms with van der Waals surface area (Å²) in [5.41, 5.74) is 1.54. The van der Waals surface area contributed by atoms with Gasteiger partial charge in [-0.05, 0) is 66.9 Å². The summed E-state index contributed by atoms with van der Waals surface area (Å²) in [5.74, 6) is 1.77. The standard InChI is InChI=1S/C22H33NO2/c1-4-23-11-20(3)7-5-8-22-15(20)10-14(18(22)23)21-9-6-13(12(2)19(21)25)16(24)17(21)22/h13-19,24-25H,2,4-11H2,1,3H3/t13-,14+,15-,16+,17-,18-,19-,20+,21+,22-/m1/s1. The molecule has 6 saturated carbocycles. The highest BCUT2D eigenvalue weighted by atomic mass is 16.3. The van der Waals surface area contributed by atoms with Crippen LogP contribution in [0.5, 0.6) is 0 Å². The maximum Gasteiger partial charge on any atom is 0.0814 e. The van der Waals surface area contributed by atoms with Gasteiger partial charge in [-0.1, -0.05) is 26.8 Å². The van der Waals surface area contributed by atoms with Crippen LogP contribution in [0.3, 0.4) is 0 Å². The van der Waals surface area contributed by atoms with Gasteiger partial charge >= 0.3 is 0 Å². The Kier molecular flexibility index (Phi) is 2.73. The smallest absolute Gasteiger partial charge is 0.0814 e. The molecule has 7 fully saturated rings. The summed E-state index contributed by atoms with van der Waals surface area (Å²) in [6.07, 6.45) is 6.75. The highest BCUT2D eigenvalue weighted by molar-refractivity contribution is 5.38. The molecule has 7 bridgehead atoms. The first-order valence-corrected chi connectivity index (χ1v) is 10.7. The Labute approximate surface area is 151 Å². The number of hydrogen-bond donors (Lipinski definition) is 2. The molecule has 10 atom stereocenters. The summed E-state index contributed by atoms with van der Waals surface area (Å²) in [5, 5.41) is 22.9. The van der Waals surface area contributed by atoms with Crippen molar-refractivity contribution >= 4 is 0 Å². The molecule has 6 aliphatic carbocycles. The molecule has 1 aliphatic heterocycles. The van der Waals surface area contributed by atoms with Gasteiger partial charge < -0.3 is 10.2 Å². The SMILES string of the molecule is C=C1[C@H]2CC[C@]3([C@@H]([C@H]2O)[C@]24CCC[C@@]5(C)CN(CC)[C@@H]2[C@@H]3C[C@H]54)[C@@H]1O. The van der Waals surface area contributed by atoms with Gasteiger partial charge in [0.05, 0.1) is 12.2 Å². The maximum absolute atomic E-state index is 11.5. The van der Waals surface area contributed by atoms with E-state index in [0.717, 1.165) is 30.9 Å². The van der Waals surface area contributed by atoms with Crippen LogP contribution in [-0.4, -0.2) is 46.5 Å². The van der Waals surface area contributed by atoms with Crippen molar-refractivity contribution in [3.8, 4) is 0 Å². The molecule has 0 amide bonds. The number of nitrogens with zero attached hydrogens (tertiary/aromatic N) is 1. The Hall–Kier alpha value is -0.380. The van der Waals surface area contributed by atoms with E-state index in [2.05, 4.69) is 25.3 Å². The highest BCUT2D eigenvalue weighted by Gasteiger charge is 2.84. The zero-order valence-corrected chi connectivity index (χ0v) is 15.7. The van der Waals surface area contributed by atoms with Crippen LogP contribution in [0.25, 0.3) is 0 Å². The Morgan fingerprint density at radius 1 is 1.20 bits per heavy atom. The second kappa shape index (κ2) is 4.36. The number of hydrogen-bond acceptors (Lipinski definition) is 3. The van der Waals surface area contributed by atoms with Gasteiger partial charge in [-0.2, -0.15) is 0 Å². The second-order valence-electron chi connectivity index (χ2n) is 10.7. The van der Waals surface area contributed by atoms with Crippen molar-refractivity contribution in [1.29, 1.82) is 0 Å². The lowest BCUT2D eigenvalue weighted by molar-refractivity contribution is -0.227. The average molecular weight is 344 g/mol. The number of aliphatic hydroxyl groups is 2. The van der Waals surface area contributed by atoms with E-state index in [1.165, 1.54) is 32.2 Å². The number of piperidine rings is 1. The molecule has 0 aromatic rings. The summed E-state index contributed by atoms with van der Waals surface area (Å²) in [7, 11) is 0. The lowest BCUT2D eigenvalue weighted by atomic mass is 9.39. The topological polar surface area (TPSA) is 43.7 Å². The van der Waals surface area contributed by atoms with Crippen molar-refractivity contribution in [1.82, 2.24) is 4.90 Å². The summed E-state index contributed by atoms with van der Waals surface area (Å²) in [6.45, 7) is 11.5. The zero-order chi connectivity index (χ0) is 17.4. The third-order valence-electron chi connectivity index (χ3n) is 10.5. The van der Waals surface area contributed by atoms with Gasteiger partial charge in [0.2, 0.25) is 0 Å². The van der Waals surface area contributed by atoms with Crippen LogP contribution in [-0.2, 0) is 0 Å². The molecule has 7 aliphatic rings. The van der Waals surface area contributed by atoms with Crippen molar-refractivity contribution in [2.24, 2.45) is 39.9 Å². The van der Waals surface area contributed by atoms with Gasteiger partial charge in [-0.15, -0.1) is 0 Å². The molecule has 7 rings (SSSR count). The molecule has 25 heavy (non-hydrogen) atoms. The summed E-state index contributed by atoms with van der Waals surface area (Å²) in [4.78, 5) is 2.77. The largest absolute Gasteiger partial charge is 0.392 e. The Morgan fingerprint density at radius 2 is 2.00 bits per heavy atom. The lowest BCUT2D eigenvalue weighted by Crippen LogP contribution is -2.69. The molecule has 2 N–H and O–H groups in total. The number of aliphatic hydroxyl groups excluding tert-OH is 2. The first-order valence-electron chi connectivity index (χ1n) is 10.7. The van der Waals surface area contributed by atoms with Crippen LogP contribution in [0, 0.1) is 39.9 Å². The van der Waals surface area contributed by atoms with E-state index in [1.807, 2.05) is 0 Å². The van der Waals surface area contributed by atoms with Crippen molar-refractivity contribution in [3.05, 3.63) is 12.2 Å².